The number of nitrogens with one attached hydrogen (secondary N) is 2. The summed E-state index contributed by atoms with van der Waals surface area (Å²) >= 11 is 6.09. The first-order valence-corrected chi connectivity index (χ1v) is 8.89. The van der Waals surface area contributed by atoms with Gasteiger partial charge in [0.2, 0.25) is 0 Å². The van der Waals surface area contributed by atoms with Crippen LogP contribution in [0.15, 0.2) is 42.5 Å². The molecule has 0 aliphatic rings. The third kappa shape index (κ3) is 5.95. The molecule has 0 fully saturated rings. The van der Waals surface area contributed by atoms with Crippen LogP contribution in [0.3, 0.4) is 0 Å². The van der Waals surface area contributed by atoms with Crippen molar-refractivity contribution in [3.63, 3.8) is 0 Å². The van der Waals surface area contributed by atoms with E-state index in [4.69, 9.17) is 16.3 Å². The highest BCUT2D eigenvalue weighted by molar-refractivity contribution is 6.31. The van der Waals surface area contributed by atoms with E-state index in [9.17, 15) is 19.7 Å². The normalized spacial score (nSPS) is 10.4. The summed E-state index contributed by atoms with van der Waals surface area (Å²) in [7, 11) is 0. The molecule has 0 aromatic heterocycles. The van der Waals surface area contributed by atoms with E-state index in [1.165, 1.54) is 12.1 Å². The Bertz CT molecular complexity index is 886. The highest BCUT2D eigenvalue weighted by Crippen LogP contribution is 2.27. The molecule has 2 N–H and O–H groups in total. The number of carbonyl (C=O) groups is 2. The number of hydrogen-bond acceptors (Lipinski definition) is 6. The highest BCUT2D eigenvalue weighted by atomic mass is 35.5. The van der Waals surface area contributed by atoms with E-state index in [0.717, 1.165) is 11.6 Å². The van der Waals surface area contributed by atoms with E-state index in [1.54, 1.807) is 32.0 Å². The number of esters is 1. The van der Waals surface area contributed by atoms with Gasteiger partial charge in [-0.2, -0.15) is 0 Å². The average molecular weight is 406 g/mol. The zero-order valence-electron chi connectivity index (χ0n) is 15.4. The predicted molar refractivity (Wildman–Crippen MR) is 105 cm³/mol. The van der Waals surface area contributed by atoms with Crippen molar-refractivity contribution >= 4 is 34.9 Å². The first-order chi connectivity index (χ1) is 13.3. The molecule has 148 valence electrons. The summed E-state index contributed by atoms with van der Waals surface area (Å²) in [6.07, 6.45) is -0.297. The number of nitro benzene ring substituents is 1. The average Bonchev–Trinajstić information content (AvgIpc) is 2.64. The van der Waals surface area contributed by atoms with E-state index in [2.05, 4.69) is 10.6 Å². The van der Waals surface area contributed by atoms with Gasteiger partial charge >= 0.3 is 5.97 Å². The molecule has 1 amide bonds. The van der Waals surface area contributed by atoms with E-state index in [-0.39, 0.29) is 36.1 Å². The maximum absolute atomic E-state index is 12.2. The molecule has 0 atom stereocenters. The Balaban J connectivity index is 2.09. The van der Waals surface area contributed by atoms with Crippen molar-refractivity contribution in [1.29, 1.82) is 0 Å². The van der Waals surface area contributed by atoms with Gasteiger partial charge in [0.15, 0.2) is 0 Å². The van der Waals surface area contributed by atoms with Crippen LogP contribution in [0.5, 0.6) is 0 Å². The molecule has 2 rings (SSSR count). The fourth-order valence-corrected chi connectivity index (χ4v) is 2.57. The number of benzene rings is 2. The molecule has 0 saturated carbocycles. The zero-order valence-corrected chi connectivity index (χ0v) is 16.2. The Kier molecular flexibility index (Phi) is 7.34. The molecule has 0 saturated heterocycles. The number of amides is 1. The highest BCUT2D eigenvalue weighted by Gasteiger charge is 2.18. The summed E-state index contributed by atoms with van der Waals surface area (Å²) in [4.78, 5) is 34.5. The lowest BCUT2D eigenvalue weighted by Crippen LogP contribution is -2.31. The minimum Gasteiger partial charge on any atom is -0.462 e. The van der Waals surface area contributed by atoms with Gasteiger partial charge in [-0.1, -0.05) is 29.8 Å². The van der Waals surface area contributed by atoms with E-state index >= 15 is 0 Å². The number of halogens is 1. The minimum absolute atomic E-state index is 0.0624. The van der Waals surface area contributed by atoms with Crippen LogP contribution in [-0.2, 0) is 16.1 Å². The first kappa shape index (κ1) is 21.2. The zero-order chi connectivity index (χ0) is 20.7. The summed E-state index contributed by atoms with van der Waals surface area (Å²) < 4.78 is 4.92. The predicted octanol–water partition coefficient (Wildman–Crippen LogP) is 3.54. The molecule has 28 heavy (non-hydrogen) atoms. The molecular formula is C19H20ClN3O5. The molecule has 9 heteroatoms. The van der Waals surface area contributed by atoms with Gasteiger partial charge in [-0.25, -0.2) is 0 Å². The number of ether oxygens (including phenoxy) is 1. The largest absolute Gasteiger partial charge is 0.462 e. The number of nitrogens with zero attached hydrogens (tertiary/aromatic N) is 1. The van der Waals surface area contributed by atoms with Crippen molar-refractivity contribution in [2.24, 2.45) is 0 Å². The van der Waals surface area contributed by atoms with E-state index in [1.807, 2.05) is 6.07 Å². The van der Waals surface area contributed by atoms with Gasteiger partial charge in [0.25, 0.3) is 11.6 Å². The van der Waals surface area contributed by atoms with Gasteiger partial charge < -0.3 is 15.4 Å². The summed E-state index contributed by atoms with van der Waals surface area (Å²) in [5.41, 5.74) is 0.835. The molecule has 0 unspecified atom stereocenters. The molecular weight excluding hydrogens is 386 g/mol. The standard InChI is InChI=1S/C19H20ClN3O5/c1-12(2)28-18(24)11-22-19(25)13-7-8-16(17(9-13)23(26)27)21-10-14-5-3-4-6-15(14)20/h3-9,12,21H,10-11H2,1-2H3,(H,22,25). The third-order valence-corrected chi connectivity index (χ3v) is 4.01. The second-order valence-electron chi connectivity index (χ2n) is 6.16. The monoisotopic (exact) mass is 405 g/mol. The van der Waals surface area contributed by atoms with Crippen molar-refractivity contribution in [2.75, 3.05) is 11.9 Å². The van der Waals surface area contributed by atoms with Gasteiger partial charge in [0.1, 0.15) is 12.2 Å². The molecule has 0 aliphatic heterocycles. The van der Waals surface area contributed by atoms with Crippen LogP contribution in [0.4, 0.5) is 11.4 Å². The summed E-state index contributed by atoms with van der Waals surface area (Å²) in [6, 6.07) is 11.2. The summed E-state index contributed by atoms with van der Waals surface area (Å²) in [5.74, 6) is -1.20. The van der Waals surface area contributed by atoms with Crippen molar-refractivity contribution in [2.45, 2.75) is 26.5 Å². The molecule has 0 aliphatic carbocycles. The Morgan fingerprint density at radius 3 is 2.57 bits per heavy atom. The molecule has 0 heterocycles. The molecule has 8 nitrogen and oxygen atoms in total. The Hall–Kier alpha value is -3.13. The second kappa shape index (κ2) is 9.70. The third-order valence-electron chi connectivity index (χ3n) is 3.64. The lowest BCUT2D eigenvalue weighted by atomic mass is 10.1. The number of hydrogen-bond donors (Lipinski definition) is 2. The summed E-state index contributed by atoms with van der Waals surface area (Å²) in [5, 5.41) is 17.3. The molecule has 2 aromatic carbocycles. The molecule has 2 aromatic rings. The maximum atomic E-state index is 12.2. The Morgan fingerprint density at radius 1 is 1.21 bits per heavy atom. The van der Waals surface area contributed by atoms with Crippen LogP contribution in [0.1, 0.15) is 29.8 Å². The van der Waals surface area contributed by atoms with Crippen LogP contribution < -0.4 is 10.6 Å². The molecule has 0 spiro atoms. The van der Waals surface area contributed by atoms with Crippen molar-refractivity contribution in [3.05, 3.63) is 68.7 Å². The smallest absolute Gasteiger partial charge is 0.325 e. The second-order valence-corrected chi connectivity index (χ2v) is 6.56. The van der Waals surface area contributed by atoms with Crippen LogP contribution in [-0.4, -0.2) is 29.4 Å². The van der Waals surface area contributed by atoms with Crippen LogP contribution in [0.25, 0.3) is 0 Å². The fraction of sp³-hybridized carbons (Fsp3) is 0.263. The number of nitro groups is 1. The quantitative estimate of drug-likeness (QED) is 0.395. The van der Waals surface area contributed by atoms with Gasteiger partial charge in [0.05, 0.1) is 11.0 Å². The lowest BCUT2D eigenvalue weighted by molar-refractivity contribution is -0.384. The Labute approximate surface area is 167 Å². The van der Waals surface area contributed by atoms with Gasteiger partial charge in [0, 0.05) is 23.2 Å². The van der Waals surface area contributed by atoms with E-state index < -0.39 is 16.8 Å². The Morgan fingerprint density at radius 2 is 1.93 bits per heavy atom. The maximum Gasteiger partial charge on any atom is 0.325 e. The van der Waals surface area contributed by atoms with Crippen LogP contribution in [0.2, 0.25) is 5.02 Å². The lowest BCUT2D eigenvalue weighted by Gasteiger charge is -2.11. The topological polar surface area (TPSA) is 111 Å². The van der Waals surface area contributed by atoms with Gasteiger partial charge in [-0.3, -0.25) is 19.7 Å². The van der Waals surface area contributed by atoms with Crippen LogP contribution >= 0.6 is 11.6 Å². The van der Waals surface area contributed by atoms with Crippen molar-refractivity contribution < 1.29 is 19.2 Å². The number of rotatable bonds is 8. The fourth-order valence-electron chi connectivity index (χ4n) is 2.36. The number of carbonyl (C=O) groups excluding carboxylic acids is 2. The van der Waals surface area contributed by atoms with Gasteiger partial charge in [-0.05, 0) is 37.6 Å². The first-order valence-electron chi connectivity index (χ1n) is 8.51. The van der Waals surface area contributed by atoms with E-state index in [0.29, 0.717) is 5.02 Å². The van der Waals surface area contributed by atoms with Crippen LogP contribution in [0, 0.1) is 10.1 Å². The number of anilines is 1. The van der Waals surface area contributed by atoms with Gasteiger partial charge in [-0.15, -0.1) is 0 Å². The van der Waals surface area contributed by atoms with Crippen molar-refractivity contribution in [3.8, 4) is 0 Å². The molecule has 0 bridgehead atoms. The van der Waals surface area contributed by atoms with Crippen molar-refractivity contribution in [1.82, 2.24) is 5.32 Å². The SMILES string of the molecule is CC(C)OC(=O)CNC(=O)c1ccc(NCc2ccccc2Cl)c([N+](=O)[O-])c1. The summed E-state index contributed by atoms with van der Waals surface area (Å²) in [6.45, 7) is 3.35. The molecule has 0 radical (unpaired) electrons. The minimum atomic E-state index is -0.610.